The molecule has 0 saturated carbocycles. The van der Waals surface area contributed by atoms with Crippen molar-refractivity contribution in [3.8, 4) is 0 Å². The Kier molecular flexibility index (Phi) is 4.53. The number of alkyl halides is 3. The molecule has 0 aromatic heterocycles. The minimum absolute atomic E-state index is 0.0413. The molecule has 0 amide bonds. The number of ketones is 1. The molecule has 1 aromatic rings. The van der Waals surface area contributed by atoms with E-state index in [0.29, 0.717) is 11.5 Å². The third-order valence-corrected chi connectivity index (χ3v) is 5.30. The zero-order valence-electron chi connectivity index (χ0n) is 9.46. The lowest BCUT2D eigenvalue weighted by atomic mass is 10.0. The summed E-state index contributed by atoms with van der Waals surface area (Å²) in [5.41, 5.74) is -1.12. The first-order valence-electron chi connectivity index (χ1n) is 5.27. The predicted octanol–water partition coefficient (Wildman–Crippen LogP) is 4.78. The highest BCUT2D eigenvalue weighted by Crippen LogP contribution is 2.44. The molecule has 0 spiro atoms. The van der Waals surface area contributed by atoms with Gasteiger partial charge in [0.15, 0.2) is 5.78 Å². The molecule has 1 aromatic carbocycles. The molecule has 0 atom stereocenters. The van der Waals surface area contributed by atoms with Gasteiger partial charge >= 0.3 is 6.18 Å². The maximum atomic E-state index is 13.1. The normalized spacial score (nSPS) is 15.7. The van der Waals surface area contributed by atoms with Gasteiger partial charge in [0.1, 0.15) is 5.57 Å². The number of rotatable bonds is 2. The summed E-state index contributed by atoms with van der Waals surface area (Å²) in [5.74, 6) is 0.150. The van der Waals surface area contributed by atoms with E-state index in [1.54, 1.807) is 0 Å². The summed E-state index contributed by atoms with van der Waals surface area (Å²) in [6.07, 6.45) is -4.65. The molecule has 0 radical (unpaired) electrons. The van der Waals surface area contributed by atoms with Crippen molar-refractivity contribution in [2.75, 3.05) is 11.5 Å². The lowest BCUT2D eigenvalue weighted by Crippen LogP contribution is -2.21. The highest BCUT2D eigenvalue weighted by molar-refractivity contribution is 8.25. The fourth-order valence-electron chi connectivity index (χ4n) is 1.57. The van der Waals surface area contributed by atoms with Gasteiger partial charge in [-0.15, -0.1) is 23.5 Å². The van der Waals surface area contributed by atoms with Gasteiger partial charge in [0.05, 0.1) is 4.24 Å². The molecule has 1 aliphatic heterocycles. The Balaban J connectivity index is 2.45. The first-order valence-corrected chi connectivity index (χ1v) is 7.62. The molecule has 0 bridgehead atoms. The molecule has 1 aliphatic rings. The Labute approximate surface area is 121 Å². The first-order chi connectivity index (χ1) is 8.89. The van der Waals surface area contributed by atoms with Crippen LogP contribution in [0, 0.1) is 0 Å². The minimum atomic E-state index is -4.65. The number of carbonyl (C=O) groups excluding carboxylic acids is 1. The van der Waals surface area contributed by atoms with Gasteiger partial charge in [0, 0.05) is 22.1 Å². The summed E-state index contributed by atoms with van der Waals surface area (Å²) in [6.45, 7) is 0. The molecule has 102 valence electrons. The third kappa shape index (κ3) is 3.49. The van der Waals surface area contributed by atoms with E-state index in [1.807, 2.05) is 0 Å². The fourth-order valence-corrected chi connectivity index (χ4v) is 4.33. The Bertz CT molecular complexity index is 532. The quantitative estimate of drug-likeness (QED) is 0.576. The summed E-state index contributed by atoms with van der Waals surface area (Å²) < 4.78 is 39.3. The summed E-state index contributed by atoms with van der Waals surface area (Å²) in [6, 6.07) is 5.56. The van der Waals surface area contributed by atoms with Crippen molar-refractivity contribution in [1.29, 1.82) is 0 Å². The molecular weight excluding hydrogens is 317 g/mol. The number of carbonyl (C=O) groups is 1. The second-order valence-electron chi connectivity index (χ2n) is 3.70. The van der Waals surface area contributed by atoms with Crippen LogP contribution in [0.5, 0.6) is 0 Å². The van der Waals surface area contributed by atoms with Gasteiger partial charge in [-0.05, 0) is 12.1 Å². The van der Waals surface area contributed by atoms with Crippen molar-refractivity contribution in [1.82, 2.24) is 0 Å². The zero-order chi connectivity index (χ0) is 14.0. The molecule has 1 nitrogen and oxygen atoms in total. The van der Waals surface area contributed by atoms with E-state index < -0.39 is 17.5 Å². The summed E-state index contributed by atoms with van der Waals surface area (Å²) in [5, 5.41) is 0.240. The molecule has 1 saturated heterocycles. The Morgan fingerprint density at radius 2 is 1.84 bits per heavy atom. The number of allylic oxidation sites excluding steroid dienone is 1. The van der Waals surface area contributed by atoms with Gasteiger partial charge in [0.2, 0.25) is 0 Å². The average Bonchev–Trinajstić information content (AvgIpc) is 2.80. The van der Waals surface area contributed by atoms with Gasteiger partial charge < -0.3 is 0 Å². The summed E-state index contributed by atoms with van der Waals surface area (Å²) in [4.78, 5) is 12.1. The first kappa shape index (κ1) is 14.8. The molecule has 1 heterocycles. The van der Waals surface area contributed by atoms with Crippen LogP contribution in [-0.2, 0) is 0 Å². The molecule has 1 fully saturated rings. The SMILES string of the molecule is O=C(C(=C1SCCS1)C(F)(F)F)c1cccc(Cl)c1. The number of halogens is 4. The van der Waals surface area contributed by atoms with Crippen molar-refractivity contribution in [3.63, 3.8) is 0 Å². The minimum Gasteiger partial charge on any atom is -0.289 e. The van der Waals surface area contributed by atoms with Crippen molar-refractivity contribution < 1.29 is 18.0 Å². The van der Waals surface area contributed by atoms with Crippen LogP contribution >= 0.6 is 35.1 Å². The number of benzene rings is 1. The van der Waals surface area contributed by atoms with E-state index in [1.165, 1.54) is 24.3 Å². The van der Waals surface area contributed by atoms with Crippen LogP contribution in [-0.4, -0.2) is 23.5 Å². The molecule has 7 heteroatoms. The number of Topliss-reactive ketones (excluding diaryl/α,β-unsaturated/α-hetero) is 1. The van der Waals surface area contributed by atoms with E-state index in [9.17, 15) is 18.0 Å². The topological polar surface area (TPSA) is 17.1 Å². The second kappa shape index (κ2) is 5.81. The number of thioether (sulfide) groups is 2. The molecule has 2 rings (SSSR count). The second-order valence-corrected chi connectivity index (χ2v) is 6.60. The zero-order valence-corrected chi connectivity index (χ0v) is 11.8. The van der Waals surface area contributed by atoms with Crippen molar-refractivity contribution in [2.45, 2.75) is 6.18 Å². The van der Waals surface area contributed by atoms with Crippen LogP contribution in [0.15, 0.2) is 34.1 Å². The Hall–Kier alpha value is -0.590. The monoisotopic (exact) mass is 324 g/mol. The lowest BCUT2D eigenvalue weighted by Gasteiger charge is -2.13. The molecular formula is C12H8ClF3OS2. The maximum Gasteiger partial charge on any atom is 0.421 e. The predicted molar refractivity (Wildman–Crippen MR) is 73.8 cm³/mol. The van der Waals surface area contributed by atoms with Crippen LogP contribution in [0.2, 0.25) is 5.02 Å². The van der Waals surface area contributed by atoms with Crippen molar-refractivity contribution in [3.05, 3.63) is 44.7 Å². The largest absolute Gasteiger partial charge is 0.421 e. The van der Waals surface area contributed by atoms with E-state index in [0.717, 1.165) is 23.5 Å². The van der Waals surface area contributed by atoms with Gasteiger partial charge in [0.25, 0.3) is 0 Å². The standard InChI is InChI=1S/C12H8ClF3OS2/c13-8-3-1-2-7(6-8)10(17)9(12(14,15)16)11-18-4-5-19-11/h1-3,6H,4-5H2. The maximum absolute atomic E-state index is 13.1. The average molecular weight is 325 g/mol. The number of hydrogen-bond donors (Lipinski definition) is 0. The summed E-state index contributed by atoms with van der Waals surface area (Å²) >= 11 is 7.85. The molecule has 0 aliphatic carbocycles. The van der Waals surface area contributed by atoms with Crippen LogP contribution in [0.1, 0.15) is 10.4 Å². The van der Waals surface area contributed by atoms with Gasteiger partial charge in [-0.1, -0.05) is 23.7 Å². The lowest BCUT2D eigenvalue weighted by molar-refractivity contribution is -0.0887. The molecule has 0 N–H and O–H groups in total. The van der Waals surface area contributed by atoms with Crippen LogP contribution in [0.3, 0.4) is 0 Å². The molecule has 0 unspecified atom stereocenters. The van der Waals surface area contributed by atoms with E-state index in [2.05, 4.69) is 0 Å². The molecule has 19 heavy (non-hydrogen) atoms. The number of hydrogen-bond acceptors (Lipinski definition) is 3. The van der Waals surface area contributed by atoms with E-state index >= 15 is 0 Å². The smallest absolute Gasteiger partial charge is 0.289 e. The van der Waals surface area contributed by atoms with Crippen LogP contribution < -0.4 is 0 Å². The van der Waals surface area contributed by atoms with Gasteiger partial charge in [-0.3, -0.25) is 4.79 Å². The van der Waals surface area contributed by atoms with E-state index in [-0.39, 0.29) is 14.8 Å². The Morgan fingerprint density at radius 3 is 2.37 bits per heavy atom. The highest BCUT2D eigenvalue weighted by Gasteiger charge is 2.42. The van der Waals surface area contributed by atoms with Crippen LogP contribution in [0.25, 0.3) is 0 Å². The fraction of sp³-hybridized carbons (Fsp3) is 0.250. The van der Waals surface area contributed by atoms with E-state index in [4.69, 9.17) is 11.6 Å². The summed E-state index contributed by atoms with van der Waals surface area (Å²) in [7, 11) is 0. The van der Waals surface area contributed by atoms with Gasteiger partial charge in [-0.2, -0.15) is 13.2 Å². The van der Waals surface area contributed by atoms with Crippen molar-refractivity contribution >= 4 is 40.9 Å². The third-order valence-electron chi connectivity index (χ3n) is 2.35. The van der Waals surface area contributed by atoms with Crippen LogP contribution in [0.4, 0.5) is 13.2 Å². The van der Waals surface area contributed by atoms with Gasteiger partial charge in [-0.25, -0.2) is 0 Å². The Morgan fingerprint density at radius 1 is 1.21 bits per heavy atom. The highest BCUT2D eigenvalue weighted by atomic mass is 35.5. The van der Waals surface area contributed by atoms with Crippen molar-refractivity contribution in [2.24, 2.45) is 0 Å².